The lowest BCUT2D eigenvalue weighted by molar-refractivity contribution is -0.127. The van der Waals surface area contributed by atoms with Crippen LogP contribution < -0.4 is 10.1 Å². The Kier molecular flexibility index (Phi) is 6.81. The summed E-state index contributed by atoms with van der Waals surface area (Å²) in [5.74, 6) is 0.229. The molecule has 1 saturated heterocycles. The summed E-state index contributed by atoms with van der Waals surface area (Å²) in [4.78, 5) is 25.0. The number of nitrogens with one attached hydrogen (secondary N) is 1. The third kappa shape index (κ3) is 5.44. The Hall–Kier alpha value is -1.17. The molecule has 1 aliphatic heterocycles. The van der Waals surface area contributed by atoms with E-state index in [-0.39, 0.29) is 18.4 Å². The fourth-order valence-electron chi connectivity index (χ4n) is 2.25. The number of benzene rings is 1. The monoisotopic (exact) mass is 378 g/mol. The van der Waals surface area contributed by atoms with Crippen LogP contribution in [0, 0.1) is 0 Å². The molecule has 1 heterocycles. The highest BCUT2D eigenvalue weighted by Gasteiger charge is 2.19. The van der Waals surface area contributed by atoms with Gasteiger partial charge in [-0.15, -0.1) is 0 Å². The predicted octanol–water partition coefficient (Wildman–Crippen LogP) is 3.15. The lowest BCUT2D eigenvalue weighted by Crippen LogP contribution is -2.33. The molecule has 0 aliphatic carbocycles. The minimum Gasteiger partial charge on any atom is -0.482 e. The minimum atomic E-state index is -0.264. The van der Waals surface area contributed by atoms with Gasteiger partial charge in [-0.25, -0.2) is 0 Å². The standard InChI is InChI=1S/C15H17Cl3N2O3/c16-10-7-12(18)13(8-11(10)17)23-9-14(21)19-4-2-6-20-5-1-3-15(20)22/h7-8H,1-6,9H2,(H,19,21). The Labute approximate surface area is 149 Å². The van der Waals surface area contributed by atoms with Gasteiger partial charge in [-0.3, -0.25) is 9.59 Å². The smallest absolute Gasteiger partial charge is 0.257 e. The van der Waals surface area contributed by atoms with E-state index in [1.54, 1.807) is 0 Å². The second-order valence-corrected chi connectivity index (χ2v) is 6.39. The minimum absolute atomic E-state index is 0.166. The van der Waals surface area contributed by atoms with E-state index >= 15 is 0 Å². The number of halogens is 3. The molecule has 0 atom stereocenters. The lowest BCUT2D eigenvalue weighted by Gasteiger charge is -2.15. The van der Waals surface area contributed by atoms with Crippen LogP contribution in [0.25, 0.3) is 0 Å². The summed E-state index contributed by atoms with van der Waals surface area (Å²) in [6.07, 6.45) is 2.26. The average molecular weight is 380 g/mol. The number of hydrogen-bond acceptors (Lipinski definition) is 3. The number of ether oxygens (including phenoxy) is 1. The van der Waals surface area contributed by atoms with E-state index in [4.69, 9.17) is 39.5 Å². The molecule has 0 saturated carbocycles. The highest BCUT2D eigenvalue weighted by molar-refractivity contribution is 6.43. The zero-order valence-corrected chi connectivity index (χ0v) is 14.7. The van der Waals surface area contributed by atoms with Crippen molar-refractivity contribution in [3.05, 3.63) is 27.2 Å². The fraction of sp³-hybridized carbons (Fsp3) is 0.467. The van der Waals surface area contributed by atoms with Crippen LogP contribution in [0.3, 0.4) is 0 Å². The number of rotatable bonds is 7. The van der Waals surface area contributed by atoms with E-state index in [1.807, 2.05) is 4.90 Å². The Morgan fingerprint density at radius 2 is 1.96 bits per heavy atom. The molecule has 2 amide bonds. The number of likely N-dealkylation sites (tertiary alicyclic amines) is 1. The van der Waals surface area contributed by atoms with Crippen molar-refractivity contribution in [2.24, 2.45) is 0 Å². The molecule has 0 aromatic heterocycles. The van der Waals surface area contributed by atoms with E-state index < -0.39 is 0 Å². The van der Waals surface area contributed by atoms with Gasteiger partial charge < -0.3 is 15.0 Å². The van der Waals surface area contributed by atoms with Crippen molar-refractivity contribution in [1.82, 2.24) is 10.2 Å². The highest BCUT2D eigenvalue weighted by atomic mass is 35.5. The van der Waals surface area contributed by atoms with Gasteiger partial charge in [0.05, 0.1) is 15.1 Å². The second kappa shape index (κ2) is 8.62. The van der Waals surface area contributed by atoms with Gasteiger partial charge in [0.25, 0.3) is 5.91 Å². The summed E-state index contributed by atoms with van der Waals surface area (Å²) < 4.78 is 5.33. The average Bonchev–Trinajstić information content (AvgIpc) is 2.91. The highest BCUT2D eigenvalue weighted by Crippen LogP contribution is 2.33. The van der Waals surface area contributed by atoms with Gasteiger partial charge in [0, 0.05) is 32.1 Å². The van der Waals surface area contributed by atoms with Gasteiger partial charge >= 0.3 is 0 Å². The van der Waals surface area contributed by atoms with Gasteiger partial charge in [-0.1, -0.05) is 34.8 Å². The molecule has 0 radical (unpaired) electrons. The summed E-state index contributed by atoms with van der Waals surface area (Å²) in [6.45, 7) is 1.80. The summed E-state index contributed by atoms with van der Waals surface area (Å²) >= 11 is 17.7. The maximum absolute atomic E-state index is 11.7. The molecule has 0 bridgehead atoms. The normalized spacial score (nSPS) is 14.2. The van der Waals surface area contributed by atoms with Gasteiger partial charge in [0.2, 0.25) is 5.91 Å². The fourth-order valence-corrected chi connectivity index (χ4v) is 2.84. The van der Waals surface area contributed by atoms with Crippen LogP contribution in [-0.2, 0) is 9.59 Å². The molecule has 0 unspecified atom stereocenters. The lowest BCUT2D eigenvalue weighted by atomic mass is 10.3. The summed E-state index contributed by atoms with van der Waals surface area (Å²) in [6, 6.07) is 2.93. The number of carbonyl (C=O) groups is 2. The van der Waals surface area contributed by atoms with Crippen LogP contribution in [0.5, 0.6) is 5.75 Å². The molecule has 8 heteroatoms. The summed E-state index contributed by atoms with van der Waals surface area (Å²) in [7, 11) is 0. The van der Waals surface area contributed by atoms with Gasteiger partial charge in [-0.05, 0) is 18.9 Å². The van der Waals surface area contributed by atoms with Crippen LogP contribution in [0.4, 0.5) is 0 Å². The van der Waals surface area contributed by atoms with Crippen LogP contribution in [0.15, 0.2) is 12.1 Å². The second-order valence-electron chi connectivity index (χ2n) is 5.17. The van der Waals surface area contributed by atoms with Crippen LogP contribution >= 0.6 is 34.8 Å². The van der Waals surface area contributed by atoms with Crippen LogP contribution in [0.1, 0.15) is 19.3 Å². The molecule has 0 spiro atoms. The first-order valence-corrected chi connectivity index (χ1v) is 8.42. The number of hydrogen-bond donors (Lipinski definition) is 1. The Balaban J connectivity index is 1.67. The zero-order valence-electron chi connectivity index (χ0n) is 12.4. The molecule has 1 aliphatic rings. The van der Waals surface area contributed by atoms with Crippen LogP contribution in [-0.4, -0.2) is 43.0 Å². The zero-order chi connectivity index (χ0) is 16.8. The van der Waals surface area contributed by atoms with E-state index in [0.717, 1.165) is 13.0 Å². The quantitative estimate of drug-likeness (QED) is 0.585. The first kappa shape index (κ1) is 18.2. The largest absolute Gasteiger partial charge is 0.482 e. The SMILES string of the molecule is O=C(COc1cc(Cl)c(Cl)cc1Cl)NCCCN1CCCC1=O. The van der Waals surface area contributed by atoms with Crippen LogP contribution in [0.2, 0.25) is 15.1 Å². The molecule has 126 valence electrons. The first-order valence-electron chi connectivity index (χ1n) is 7.29. The molecule has 1 fully saturated rings. The third-order valence-corrected chi connectivity index (χ3v) is 4.45. The summed E-state index contributed by atoms with van der Waals surface area (Å²) in [5.41, 5.74) is 0. The molecule has 1 aromatic rings. The predicted molar refractivity (Wildman–Crippen MR) is 90.4 cm³/mol. The Morgan fingerprint density at radius 3 is 2.65 bits per heavy atom. The van der Waals surface area contributed by atoms with Gasteiger partial charge in [-0.2, -0.15) is 0 Å². The van der Waals surface area contributed by atoms with Crippen molar-refractivity contribution >= 4 is 46.6 Å². The number of carbonyl (C=O) groups excluding carboxylic acids is 2. The molecule has 5 nitrogen and oxygen atoms in total. The van der Waals surface area contributed by atoms with Gasteiger partial charge in [0.1, 0.15) is 5.75 Å². The Bertz CT molecular complexity index is 596. The van der Waals surface area contributed by atoms with Crippen molar-refractivity contribution in [3.8, 4) is 5.75 Å². The Morgan fingerprint density at radius 1 is 1.22 bits per heavy atom. The van der Waals surface area contributed by atoms with Gasteiger partial charge in [0.15, 0.2) is 6.61 Å². The van der Waals surface area contributed by atoms with E-state index in [0.29, 0.717) is 46.7 Å². The molecular weight excluding hydrogens is 363 g/mol. The van der Waals surface area contributed by atoms with Crippen molar-refractivity contribution in [2.75, 3.05) is 26.2 Å². The maximum atomic E-state index is 11.7. The molecule has 2 rings (SSSR count). The third-order valence-electron chi connectivity index (χ3n) is 3.43. The number of amides is 2. The van der Waals surface area contributed by atoms with E-state index in [1.165, 1.54) is 12.1 Å². The maximum Gasteiger partial charge on any atom is 0.257 e. The van der Waals surface area contributed by atoms with E-state index in [9.17, 15) is 9.59 Å². The van der Waals surface area contributed by atoms with Crippen molar-refractivity contribution < 1.29 is 14.3 Å². The number of nitrogens with zero attached hydrogens (tertiary/aromatic N) is 1. The first-order chi connectivity index (χ1) is 11.0. The summed E-state index contributed by atoms with van der Waals surface area (Å²) in [5, 5.41) is 3.66. The molecule has 1 aromatic carbocycles. The van der Waals surface area contributed by atoms with Crippen molar-refractivity contribution in [2.45, 2.75) is 19.3 Å². The van der Waals surface area contributed by atoms with E-state index in [2.05, 4.69) is 5.32 Å². The molecule has 23 heavy (non-hydrogen) atoms. The molecule has 1 N–H and O–H groups in total. The molecular formula is C15H17Cl3N2O3. The van der Waals surface area contributed by atoms with Crippen molar-refractivity contribution in [3.63, 3.8) is 0 Å². The topological polar surface area (TPSA) is 58.6 Å². The van der Waals surface area contributed by atoms with Crippen molar-refractivity contribution in [1.29, 1.82) is 0 Å².